The molecular formula is C13H10FNO2. The number of carboxylic acids is 1. The summed E-state index contributed by atoms with van der Waals surface area (Å²) < 4.78 is 13.3. The van der Waals surface area contributed by atoms with Crippen LogP contribution in [0.3, 0.4) is 0 Å². The topological polar surface area (TPSA) is 50.2 Å². The molecule has 2 rings (SSSR count). The summed E-state index contributed by atoms with van der Waals surface area (Å²) in [6.07, 6.45) is 3.33. The molecule has 0 saturated carbocycles. The molecule has 0 bridgehead atoms. The highest BCUT2D eigenvalue weighted by Gasteiger charge is 2.11. The average Bonchev–Trinajstić information content (AvgIpc) is 2.36. The van der Waals surface area contributed by atoms with Gasteiger partial charge in [-0.15, -0.1) is 0 Å². The number of carboxylic acid groups (broad SMARTS) is 1. The summed E-state index contributed by atoms with van der Waals surface area (Å²) in [6.45, 7) is 1.45. The van der Waals surface area contributed by atoms with Crippen molar-refractivity contribution in [3.05, 3.63) is 48.0 Å². The van der Waals surface area contributed by atoms with Gasteiger partial charge in [0.05, 0.1) is 0 Å². The minimum atomic E-state index is -1.55. The Balaban J connectivity index is 2.57. The van der Waals surface area contributed by atoms with Crippen LogP contribution in [0, 0.1) is 0 Å². The Morgan fingerprint density at radius 1 is 1.29 bits per heavy atom. The third-order valence-electron chi connectivity index (χ3n) is 2.59. The summed E-state index contributed by atoms with van der Waals surface area (Å²) >= 11 is 0. The van der Waals surface area contributed by atoms with Crippen LogP contribution >= 0.6 is 0 Å². The predicted octanol–water partition coefficient (Wildman–Crippen LogP) is 3.02. The number of rotatable bonds is 2. The fourth-order valence-corrected chi connectivity index (χ4v) is 1.61. The third kappa shape index (κ3) is 2.15. The van der Waals surface area contributed by atoms with Gasteiger partial charge in [-0.3, -0.25) is 4.98 Å². The summed E-state index contributed by atoms with van der Waals surface area (Å²) in [5.41, 5.74) is 0.661. The summed E-state index contributed by atoms with van der Waals surface area (Å²) in [7, 11) is 0. The molecular weight excluding hydrogens is 221 g/mol. The lowest BCUT2D eigenvalue weighted by Crippen LogP contribution is -1.97. The first-order chi connectivity index (χ1) is 8.09. The molecule has 0 amide bonds. The number of halogens is 1. The molecule has 0 aliphatic heterocycles. The van der Waals surface area contributed by atoms with Gasteiger partial charge >= 0.3 is 5.97 Å². The first kappa shape index (κ1) is 11.3. The molecule has 0 saturated heterocycles. The first-order valence-electron chi connectivity index (χ1n) is 5.03. The third-order valence-corrected chi connectivity index (χ3v) is 2.59. The standard InChI is InChI=1S/C13H10FNO2/c1-8(12(14)13(16)17)10-3-2-9-4-5-15-7-11(9)6-10/h2-7H,1H3,(H,16,17)/b12-8-. The maximum absolute atomic E-state index is 13.3. The van der Waals surface area contributed by atoms with Crippen LogP contribution in [0.2, 0.25) is 0 Å². The van der Waals surface area contributed by atoms with Crippen molar-refractivity contribution in [2.24, 2.45) is 0 Å². The predicted molar refractivity (Wildman–Crippen MR) is 63.1 cm³/mol. The number of hydrogen-bond donors (Lipinski definition) is 1. The number of carbonyl (C=O) groups is 1. The van der Waals surface area contributed by atoms with Crippen molar-refractivity contribution in [2.45, 2.75) is 6.92 Å². The van der Waals surface area contributed by atoms with Crippen molar-refractivity contribution < 1.29 is 14.3 Å². The summed E-state index contributed by atoms with van der Waals surface area (Å²) in [6, 6.07) is 7.07. The van der Waals surface area contributed by atoms with Crippen molar-refractivity contribution in [3.63, 3.8) is 0 Å². The van der Waals surface area contributed by atoms with Gasteiger partial charge in [0.25, 0.3) is 0 Å². The van der Waals surface area contributed by atoms with Gasteiger partial charge in [0.2, 0.25) is 5.83 Å². The second kappa shape index (κ2) is 4.33. The highest BCUT2D eigenvalue weighted by Crippen LogP contribution is 2.23. The fourth-order valence-electron chi connectivity index (χ4n) is 1.61. The largest absolute Gasteiger partial charge is 0.476 e. The molecule has 0 aliphatic rings. The lowest BCUT2D eigenvalue weighted by Gasteiger charge is -2.04. The van der Waals surface area contributed by atoms with E-state index in [2.05, 4.69) is 4.98 Å². The molecule has 4 heteroatoms. The van der Waals surface area contributed by atoms with E-state index in [1.165, 1.54) is 6.92 Å². The molecule has 1 aromatic carbocycles. The molecule has 0 radical (unpaired) electrons. The highest BCUT2D eigenvalue weighted by molar-refractivity contribution is 5.95. The lowest BCUT2D eigenvalue weighted by atomic mass is 10.0. The molecule has 1 N–H and O–H groups in total. The van der Waals surface area contributed by atoms with Crippen molar-refractivity contribution >= 4 is 22.3 Å². The number of nitrogens with zero attached hydrogens (tertiary/aromatic N) is 1. The number of allylic oxidation sites excluding steroid dienone is 1. The van der Waals surface area contributed by atoms with Gasteiger partial charge in [0, 0.05) is 17.8 Å². The van der Waals surface area contributed by atoms with Gasteiger partial charge in [-0.1, -0.05) is 12.1 Å². The summed E-state index contributed by atoms with van der Waals surface area (Å²) in [5, 5.41) is 10.4. The summed E-state index contributed by atoms with van der Waals surface area (Å²) in [4.78, 5) is 14.5. The Bertz CT molecular complexity index is 620. The van der Waals surface area contributed by atoms with E-state index in [0.29, 0.717) is 5.56 Å². The van der Waals surface area contributed by atoms with Crippen LogP contribution in [0.25, 0.3) is 16.3 Å². The van der Waals surface area contributed by atoms with E-state index < -0.39 is 11.8 Å². The zero-order valence-electron chi connectivity index (χ0n) is 9.14. The zero-order chi connectivity index (χ0) is 12.4. The van der Waals surface area contributed by atoms with Crippen molar-refractivity contribution in [3.8, 4) is 0 Å². The molecule has 3 nitrogen and oxygen atoms in total. The number of aromatic nitrogens is 1. The lowest BCUT2D eigenvalue weighted by molar-refractivity contribution is -0.134. The van der Waals surface area contributed by atoms with Gasteiger partial charge in [-0.2, -0.15) is 4.39 Å². The Labute approximate surface area is 97.2 Å². The molecule has 17 heavy (non-hydrogen) atoms. The Morgan fingerprint density at radius 3 is 2.76 bits per heavy atom. The summed E-state index contributed by atoms with van der Waals surface area (Å²) in [5.74, 6) is -2.68. The maximum Gasteiger partial charge on any atom is 0.365 e. The molecule has 2 aromatic rings. The normalized spacial score (nSPS) is 12.4. The Hall–Kier alpha value is -2.23. The SMILES string of the molecule is C/C(=C(/F)C(=O)O)c1ccc2ccncc2c1. The molecule has 0 aliphatic carbocycles. The van der Waals surface area contributed by atoms with Gasteiger partial charge in [-0.25, -0.2) is 4.79 Å². The smallest absolute Gasteiger partial charge is 0.365 e. The molecule has 0 fully saturated rings. The van der Waals surface area contributed by atoms with Crippen molar-refractivity contribution in [1.82, 2.24) is 4.98 Å². The van der Waals surface area contributed by atoms with E-state index in [0.717, 1.165) is 10.8 Å². The minimum Gasteiger partial charge on any atom is -0.476 e. The second-order valence-electron chi connectivity index (χ2n) is 3.68. The quantitative estimate of drug-likeness (QED) is 0.808. The van der Waals surface area contributed by atoms with Crippen LogP contribution in [0.1, 0.15) is 12.5 Å². The van der Waals surface area contributed by atoms with Gasteiger partial charge in [0.1, 0.15) is 0 Å². The van der Waals surface area contributed by atoms with Gasteiger partial charge < -0.3 is 5.11 Å². The molecule has 0 unspecified atom stereocenters. The van der Waals surface area contributed by atoms with Crippen LogP contribution in [0.4, 0.5) is 4.39 Å². The second-order valence-corrected chi connectivity index (χ2v) is 3.68. The van der Waals surface area contributed by atoms with Crippen LogP contribution in [0.15, 0.2) is 42.5 Å². The monoisotopic (exact) mass is 231 g/mol. The highest BCUT2D eigenvalue weighted by atomic mass is 19.1. The Morgan fingerprint density at radius 2 is 2.06 bits per heavy atom. The van der Waals surface area contributed by atoms with E-state index in [9.17, 15) is 9.18 Å². The van der Waals surface area contributed by atoms with Gasteiger partial charge in [-0.05, 0) is 35.6 Å². The van der Waals surface area contributed by atoms with E-state index in [-0.39, 0.29) is 5.57 Å². The molecule has 0 spiro atoms. The van der Waals surface area contributed by atoms with Crippen molar-refractivity contribution in [1.29, 1.82) is 0 Å². The van der Waals surface area contributed by atoms with Crippen LogP contribution in [0.5, 0.6) is 0 Å². The van der Waals surface area contributed by atoms with E-state index in [1.54, 1.807) is 24.5 Å². The number of fused-ring (bicyclic) bond motifs is 1. The van der Waals surface area contributed by atoms with E-state index in [1.807, 2.05) is 12.1 Å². The van der Waals surface area contributed by atoms with Crippen LogP contribution < -0.4 is 0 Å². The molecule has 1 heterocycles. The van der Waals surface area contributed by atoms with Gasteiger partial charge in [0.15, 0.2) is 0 Å². The molecule has 86 valence electrons. The van der Waals surface area contributed by atoms with Crippen LogP contribution in [-0.2, 0) is 4.79 Å². The van der Waals surface area contributed by atoms with E-state index in [4.69, 9.17) is 5.11 Å². The first-order valence-corrected chi connectivity index (χ1v) is 5.03. The number of hydrogen-bond acceptors (Lipinski definition) is 2. The minimum absolute atomic E-state index is 0.114. The van der Waals surface area contributed by atoms with E-state index >= 15 is 0 Å². The fraction of sp³-hybridized carbons (Fsp3) is 0.0769. The van der Waals surface area contributed by atoms with Crippen molar-refractivity contribution in [2.75, 3.05) is 0 Å². The molecule has 0 atom stereocenters. The Kier molecular flexibility index (Phi) is 2.87. The number of pyridine rings is 1. The number of aliphatic carboxylic acids is 1. The molecule has 1 aromatic heterocycles. The number of benzene rings is 1. The maximum atomic E-state index is 13.3. The average molecular weight is 231 g/mol. The van der Waals surface area contributed by atoms with Crippen LogP contribution in [-0.4, -0.2) is 16.1 Å². The zero-order valence-corrected chi connectivity index (χ0v) is 9.14.